The van der Waals surface area contributed by atoms with Crippen LogP contribution in [-0.4, -0.2) is 34.6 Å². The van der Waals surface area contributed by atoms with Crippen LogP contribution in [-0.2, 0) is 4.79 Å². The Balaban J connectivity index is 1.51. The van der Waals surface area contributed by atoms with Gasteiger partial charge in [-0.25, -0.2) is 0 Å². The van der Waals surface area contributed by atoms with E-state index in [9.17, 15) is 14.9 Å². The van der Waals surface area contributed by atoms with E-state index in [1.54, 1.807) is 54.5 Å². The lowest BCUT2D eigenvalue weighted by Gasteiger charge is -2.42. The van der Waals surface area contributed by atoms with Crippen LogP contribution in [0.5, 0.6) is 5.75 Å². The summed E-state index contributed by atoms with van der Waals surface area (Å²) in [5.41, 5.74) is 8.82. The number of rotatable bonds is 7. The summed E-state index contributed by atoms with van der Waals surface area (Å²) in [6.45, 7) is 4.03. The van der Waals surface area contributed by atoms with Gasteiger partial charge in [-0.1, -0.05) is 66.2 Å². The van der Waals surface area contributed by atoms with Crippen molar-refractivity contribution in [3.8, 4) is 11.8 Å². The Bertz CT molecular complexity index is 1660. The van der Waals surface area contributed by atoms with E-state index in [1.807, 2.05) is 13.8 Å². The zero-order valence-electron chi connectivity index (χ0n) is 22.4. The average molecular weight is 627 g/mol. The van der Waals surface area contributed by atoms with Crippen LogP contribution in [0.15, 0.2) is 69.5 Å². The van der Waals surface area contributed by atoms with Gasteiger partial charge in [0.15, 0.2) is 15.9 Å². The minimum Gasteiger partial charge on any atom is -0.497 e. The number of methoxy groups -OCH3 is 1. The summed E-state index contributed by atoms with van der Waals surface area (Å²) in [6.07, 6.45) is 0.831. The van der Waals surface area contributed by atoms with Gasteiger partial charge < -0.3 is 10.5 Å². The summed E-state index contributed by atoms with van der Waals surface area (Å²) in [4.78, 5) is 28.1. The number of benzene rings is 2. The number of halogens is 2. The molecule has 12 heteroatoms. The van der Waals surface area contributed by atoms with E-state index in [2.05, 4.69) is 16.3 Å². The molecule has 0 radical (unpaired) electrons. The van der Waals surface area contributed by atoms with E-state index >= 15 is 0 Å². The standard InChI is InChI=1S/C29H25Cl2N5O3S2/c1-29(2)11-21-25(22(37)12-29)24(18-9-6-16(30)10-20(18)31)19(13-32)26(33)36(21)27-34-35-28(41-27)40-14-23(38)15-4-7-17(39-3)8-5-15/h4-10,24H,11-12,14,33H2,1-3H3. The number of ether oxygens (including phenoxy) is 1. The van der Waals surface area contributed by atoms with Crippen molar-refractivity contribution >= 4 is 63.0 Å². The molecule has 5 rings (SSSR count). The molecular weight excluding hydrogens is 601 g/mol. The maximum absolute atomic E-state index is 13.7. The smallest absolute Gasteiger partial charge is 0.219 e. The van der Waals surface area contributed by atoms with E-state index in [1.165, 1.54) is 23.1 Å². The molecule has 210 valence electrons. The molecule has 2 aromatic carbocycles. The van der Waals surface area contributed by atoms with Crippen molar-refractivity contribution in [2.75, 3.05) is 17.8 Å². The maximum atomic E-state index is 13.7. The van der Waals surface area contributed by atoms with Crippen LogP contribution in [0.1, 0.15) is 48.5 Å². The minimum atomic E-state index is -0.733. The SMILES string of the molecule is COc1ccc(C(=O)CSc2nnc(N3C(N)=C(C#N)C(c4ccc(Cl)cc4Cl)C4=C3CC(C)(C)CC4=O)s2)cc1. The summed E-state index contributed by atoms with van der Waals surface area (Å²) >= 11 is 15.2. The molecule has 1 aliphatic carbocycles. The molecule has 0 saturated carbocycles. The van der Waals surface area contributed by atoms with Crippen LogP contribution in [0.4, 0.5) is 5.13 Å². The highest BCUT2D eigenvalue weighted by Gasteiger charge is 2.46. The fourth-order valence-corrected chi connectivity index (χ4v) is 7.41. The van der Waals surface area contributed by atoms with Gasteiger partial charge in [0, 0.05) is 33.3 Å². The molecule has 0 spiro atoms. The molecule has 41 heavy (non-hydrogen) atoms. The molecular formula is C29H25Cl2N5O3S2. The van der Waals surface area contributed by atoms with Gasteiger partial charge in [-0.3, -0.25) is 14.5 Å². The third-order valence-corrected chi connectivity index (χ3v) is 9.58. The average Bonchev–Trinajstić information content (AvgIpc) is 3.39. The van der Waals surface area contributed by atoms with Gasteiger partial charge >= 0.3 is 0 Å². The molecule has 2 aliphatic rings. The Morgan fingerprint density at radius 2 is 1.95 bits per heavy atom. The second-order valence-electron chi connectivity index (χ2n) is 10.4. The zero-order valence-corrected chi connectivity index (χ0v) is 25.5. The Labute approximate surface area is 255 Å². The molecule has 2 N–H and O–H groups in total. The van der Waals surface area contributed by atoms with Crippen LogP contribution >= 0.6 is 46.3 Å². The first-order valence-corrected chi connectivity index (χ1v) is 15.1. The lowest BCUT2D eigenvalue weighted by molar-refractivity contribution is -0.118. The predicted molar refractivity (Wildman–Crippen MR) is 162 cm³/mol. The number of carbonyl (C=O) groups excluding carboxylic acids is 2. The molecule has 0 saturated heterocycles. The van der Waals surface area contributed by atoms with Crippen molar-refractivity contribution in [3.05, 3.63) is 86.3 Å². The molecule has 0 fully saturated rings. The molecule has 1 unspecified atom stereocenters. The fourth-order valence-electron chi connectivity index (χ4n) is 5.11. The molecule has 1 aliphatic heterocycles. The van der Waals surface area contributed by atoms with Crippen molar-refractivity contribution in [1.29, 1.82) is 5.26 Å². The lowest BCUT2D eigenvalue weighted by Crippen LogP contribution is -2.42. The summed E-state index contributed by atoms with van der Waals surface area (Å²) in [7, 11) is 1.57. The van der Waals surface area contributed by atoms with E-state index in [-0.39, 0.29) is 34.1 Å². The number of anilines is 1. The highest BCUT2D eigenvalue weighted by atomic mass is 35.5. The Morgan fingerprint density at radius 1 is 1.22 bits per heavy atom. The quantitative estimate of drug-likeness (QED) is 0.224. The lowest BCUT2D eigenvalue weighted by atomic mass is 9.68. The predicted octanol–water partition coefficient (Wildman–Crippen LogP) is 6.77. The van der Waals surface area contributed by atoms with Crippen LogP contribution < -0.4 is 15.4 Å². The van der Waals surface area contributed by atoms with Crippen molar-refractivity contribution in [2.24, 2.45) is 11.1 Å². The van der Waals surface area contributed by atoms with Gasteiger partial charge in [-0.05, 0) is 53.8 Å². The topological polar surface area (TPSA) is 122 Å². The maximum Gasteiger partial charge on any atom is 0.219 e. The van der Waals surface area contributed by atoms with Crippen molar-refractivity contribution in [1.82, 2.24) is 10.2 Å². The summed E-state index contributed by atoms with van der Waals surface area (Å²) in [5.74, 6) is 0.114. The van der Waals surface area contributed by atoms with E-state index in [0.29, 0.717) is 60.5 Å². The van der Waals surface area contributed by atoms with E-state index < -0.39 is 5.92 Å². The Morgan fingerprint density at radius 3 is 2.61 bits per heavy atom. The van der Waals surface area contributed by atoms with Gasteiger partial charge in [0.1, 0.15) is 11.6 Å². The molecule has 0 bridgehead atoms. The summed E-state index contributed by atoms with van der Waals surface area (Å²) < 4.78 is 5.71. The number of thioether (sulfide) groups is 1. The Kier molecular flexibility index (Phi) is 8.17. The number of nitriles is 1. The zero-order chi connectivity index (χ0) is 29.5. The summed E-state index contributed by atoms with van der Waals surface area (Å²) in [6, 6.07) is 14.1. The first-order valence-electron chi connectivity index (χ1n) is 12.6. The van der Waals surface area contributed by atoms with Crippen molar-refractivity contribution < 1.29 is 14.3 Å². The van der Waals surface area contributed by atoms with Crippen LogP contribution in [0, 0.1) is 16.7 Å². The molecule has 1 aromatic heterocycles. The molecule has 2 heterocycles. The van der Waals surface area contributed by atoms with Crippen LogP contribution in [0.3, 0.4) is 0 Å². The second-order valence-corrected chi connectivity index (χ2v) is 13.5. The van der Waals surface area contributed by atoms with Gasteiger partial charge in [-0.2, -0.15) is 5.26 Å². The number of allylic oxidation sites excluding steroid dienone is 3. The number of Topliss-reactive ketones (excluding diaryl/α,β-unsaturated/α-hetero) is 2. The number of hydrogen-bond acceptors (Lipinski definition) is 10. The first-order chi connectivity index (χ1) is 19.5. The van der Waals surface area contributed by atoms with E-state index in [4.69, 9.17) is 33.7 Å². The number of nitrogens with two attached hydrogens (primary N) is 1. The third kappa shape index (κ3) is 5.72. The Hall–Kier alpha value is -3.36. The highest BCUT2D eigenvalue weighted by Crippen LogP contribution is 2.51. The van der Waals surface area contributed by atoms with Crippen molar-refractivity contribution in [3.63, 3.8) is 0 Å². The van der Waals surface area contributed by atoms with Gasteiger partial charge in [0.2, 0.25) is 5.13 Å². The van der Waals surface area contributed by atoms with Crippen molar-refractivity contribution in [2.45, 2.75) is 36.9 Å². The highest BCUT2D eigenvalue weighted by molar-refractivity contribution is 8.01. The largest absolute Gasteiger partial charge is 0.497 e. The number of nitrogens with zero attached hydrogens (tertiary/aromatic N) is 4. The van der Waals surface area contributed by atoms with E-state index in [0.717, 1.165) is 0 Å². The summed E-state index contributed by atoms with van der Waals surface area (Å²) in [5, 5.41) is 20.1. The van der Waals surface area contributed by atoms with Gasteiger partial charge in [0.25, 0.3) is 0 Å². The van der Waals surface area contributed by atoms with Gasteiger partial charge in [-0.15, -0.1) is 10.2 Å². The molecule has 8 nitrogen and oxygen atoms in total. The van der Waals surface area contributed by atoms with Gasteiger partial charge in [0.05, 0.1) is 30.4 Å². The second kappa shape index (κ2) is 11.5. The first kappa shape index (κ1) is 29.1. The number of ketones is 2. The monoisotopic (exact) mass is 625 g/mol. The third-order valence-electron chi connectivity index (χ3n) is 6.98. The van der Waals surface area contributed by atoms with Crippen LogP contribution in [0.2, 0.25) is 10.0 Å². The number of aromatic nitrogens is 2. The number of hydrogen-bond donors (Lipinski definition) is 1. The normalized spacial score (nSPS) is 18.3. The fraction of sp³-hybridized carbons (Fsp3) is 0.276. The number of carbonyl (C=O) groups is 2. The minimum absolute atomic E-state index is 0.0640. The van der Waals surface area contributed by atoms with Crippen LogP contribution in [0.25, 0.3) is 0 Å². The molecule has 3 aromatic rings. The molecule has 1 atom stereocenters. The molecule has 0 amide bonds.